The number of halogens is 1. The molecule has 2 rings (SSSR count). The lowest BCUT2D eigenvalue weighted by atomic mass is 9.86. The van der Waals surface area contributed by atoms with Crippen LogP contribution in [0.1, 0.15) is 63.7 Å². The fraction of sp³-hybridized carbons (Fsp3) is 0.643. The number of unbranched alkanes of at least 4 members (excludes halogenated alkanes) is 1. The molecule has 37 heavy (non-hydrogen) atoms. The van der Waals surface area contributed by atoms with Crippen molar-refractivity contribution in [1.82, 2.24) is 15.2 Å². The van der Waals surface area contributed by atoms with Gasteiger partial charge in [-0.3, -0.25) is 9.59 Å². The van der Waals surface area contributed by atoms with E-state index in [1.165, 1.54) is 0 Å². The van der Waals surface area contributed by atoms with Crippen molar-refractivity contribution in [2.24, 2.45) is 23.5 Å². The number of nitrogens with zero attached hydrogens (tertiary/aromatic N) is 1. The first-order chi connectivity index (χ1) is 17.2. The SMILES string of the molecule is CCCCNC(=O)[C@H](C)C[C@H](O)C(N)CC(CNC(=O)c1cn(CCOC)c2ccccc12)C(C)C.Cl. The van der Waals surface area contributed by atoms with E-state index in [4.69, 9.17) is 10.5 Å². The number of methoxy groups -OCH3 is 1. The van der Waals surface area contributed by atoms with Gasteiger partial charge < -0.3 is 30.8 Å². The number of nitrogens with one attached hydrogen (secondary N) is 2. The molecule has 0 saturated carbocycles. The first kappa shape index (κ1) is 32.9. The van der Waals surface area contributed by atoms with Crippen LogP contribution in [-0.4, -0.2) is 60.4 Å². The van der Waals surface area contributed by atoms with Crippen LogP contribution >= 0.6 is 12.4 Å². The maximum absolute atomic E-state index is 13.1. The van der Waals surface area contributed by atoms with Gasteiger partial charge in [-0.2, -0.15) is 0 Å². The molecule has 0 aliphatic carbocycles. The molecule has 5 N–H and O–H groups in total. The van der Waals surface area contributed by atoms with Crippen molar-refractivity contribution in [1.29, 1.82) is 0 Å². The van der Waals surface area contributed by atoms with Crippen molar-refractivity contribution in [2.75, 3.05) is 26.8 Å². The largest absolute Gasteiger partial charge is 0.391 e. The van der Waals surface area contributed by atoms with Crippen LogP contribution in [-0.2, 0) is 16.1 Å². The normalized spacial score (nSPS) is 14.6. The van der Waals surface area contributed by atoms with Crippen LogP contribution in [0.5, 0.6) is 0 Å². The molecule has 1 aromatic heterocycles. The maximum Gasteiger partial charge on any atom is 0.253 e. The molecule has 0 radical (unpaired) electrons. The molecule has 1 aromatic carbocycles. The van der Waals surface area contributed by atoms with Crippen molar-refractivity contribution >= 4 is 35.1 Å². The summed E-state index contributed by atoms with van der Waals surface area (Å²) in [6.45, 7) is 10.4. The number of carbonyl (C=O) groups excluding carboxylic acids is 2. The minimum Gasteiger partial charge on any atom is -0.391 e. The quantitative estimate of drug-likeness (QED) is 0.243. The fourth-order valence-corrected chi connectivity index (χ4v) is 4.43. The molecule has 0 aliphatic rings. The second-order valence-corrected chi connectivity index (χ2v) is 10.2. The highest BCUT2D eigenvalue weighted by molar-refractivity contribution is 6.07. The van der Waals surface area contributed by atoms with E-state index in [-0.39, 0.29) is 42.0 Å². The molecule has 9 heteroatoms. The van der Waals surface area contributed by atoms with Gasteiger partial charge in [0.2, 0.25) is 5.91 Å². The van der Waals surface area contributed by atoms with Crippen molar-refractivity contribution < 1.29 is 19.4 Å². The van der Waals surface area contributed by atoms with Crippen LogP contribution in [0.25, 0.3) is 10.9 Å². The Kier molecular flexibility index (Phi) is 14.8. The summed E-state index contributed by atoms with van der Waals surface area (Å²) in [6.07, 6.45) is 3.93. The predicted molar refractivity (Wildman–Crippen MR) is 152 cm³/mol. The highest BCUT2D eigenvalue weighted by Gasteiger charge is 2.26. The van der Waals surface area contributed by atoms with Crippen LogP contribution in [0.3, 0.4) is 0 Å². The van der Waals surface area contributed by atoms with Crippen molar-refractivity contribution in [2.45, 2.75) is 72.1 Å². The van der Waals surface area contributed by atoms with E-state index in [0.29, 0.717) is 44.6 Å². The summed E-state index contributed by atoms with van der Waals surface area (Å²) in [6, 6.07) is 7.38. The second-order valence-electron chi connectivity index (χ2n) is 10.2. The Labute approximate surface area is 228 Å². The lowest BCUT2D eigenvalue weighted by Crippen LogP contribution is -2.42. The molecule has 1 heterocycles. The Hall–Kier alpha value is -2.13. The van der Waals surface area contributed by atoms with E-state index in [1.54, 1.807) is 7.11 Å². The van der Waals surface area contributed by atoms with Crippen LogP contribution < -0.4 is 16.4 Å². The van der Waals surface area contributed by atoms with E-state index < -0.39 is 12.1 Å². The summed E-state index contributed by atoms with van der Waals surface area (Å²) >= 11 is 0. The Morgan fingerprint density at radius 3 is 2.49 bits per heavy atom. The van der Waals surface area contributed by atoms with E-state index in [0.717, 1.165) is 23.7 Å². The number of ether oxygens (including phenoxy) is 1. The average molecular weight is 539 g/mol. The van der Waals surface area contributed by atoms with Gasteiger partial charge in [0.25, 0.3) is 5.91 Å². The third-order valence-corrected chi connectivity index (χ3v) is 6.98. The summed E-state index contributed by atoms with van der Waals surface area (Å²) < 4.78 is 7.25. The zero-order chi connectivity index (χ0) is 26.7. The summed E-state index contributed by atoms with van der Waals surface area (Å²) in [5.41, 5.74) is 7.99. The number of para-hydroxylation sites is 1. The fourth-order valence-electron chi connectivity index (χ4n) is 4.43. The maximum atomic E-state index is 13.1. The minimum absolute atomic E-state index is 0. The number of aromatic nitrogens is 1. The van der Waals surface area contributed by atoms with E-state index in [1.807, 2.05) is 42.0 Å². The number of amides is 2. The zero-order valence-corrected chi connectivity index (χ0v) is 23.9. The molecule has 8 nitrogen and oxygen atoms in total. The molecule has 2 aromatic rings. The van der Waals surface area contributed by atoms with Gasteiger partial charge in [0, 0.05) is 55.8 Å². The number of carbonyl (C=O) groups is 2. The Balaban J connectivity index is 0.00000684. The number of hydrogen-bond donors (Lipinski definition) is 4. The highest BCUT2D eigenvalue weighted by atomic mass is 35.5. The van der Waals surface area contributed by atoms with Gasteiger partial charge in [0.15, 0.2) is 0 Å². The van der Waals surface area contributed by atoms with E-state index in [2.05, 4.69) is 31.4 Å². The molecule has 0 saturated heterocycles. The van der Waals surface area contributed by atoms with Gasteiger partial charge in [-0.1, -0.05) is 52.3 Å². The zero-order valence-electron chi connectivity index (χ0n) is 23.0. The number of benzene rings is 1. The monoisotopic (exact) mass is 538 g/mol. The Morgan fingerprint density at radius 2 is 1.84 bits per heavy atom. The summed E-state index contributed by atoms with van der Waals surface area (Å²) in [5.74, 6) is -0.127. The van der Waals surface area contributed by atoms with Gasteiger partial charge in [-0.25, -0.2) is 0 Å². The lowest BCUT2D eigenvalue weighted by Gasteiger charge is -2.28. The number of aliphatic hydroxyl groups excluding tert-OH is 1. The molecule has 210 valence electrons. The number of nitrogens with two attached hydrogens (primary N) is 1. The van der Waals surface area contributed by atoms with Gasteiger partial charge in [0.05, 0.1) is 18.3 Å². The Morgan fingerprint density at radius 1 is 1.14 bits per heavy atom. The van der Waals surface area contributed by atoms with Crippen LogP contribution in [0.2, 0.25) is 0 Å². The molecule has 0 bridgehead atoms. The van der Waals surface area contributed by atoms with Crippen LogP contribution in [0.15, 0.2) is 30.5 Å². The minimum atomic E-state index is -0.785. The molecule has 2 amide bonds. The molecule has 0 aliphatic heterocycles. The molecule has 0 spiro atoms. The van der Waals surface area contributed by atoms with Crippen molar-refractivity contribution in [3.05, 3.63) is 36.0 Å². The molecule has 2 unspecified atom stereocenters. The van der Waals surface area contributed by atoms with Gasteiger partial charge in [-0.15, -0.1) is 12.4 Å². The third-order valence-electron chi connectivity index (χ3n) is 6.98. The lowest BCUT2D eigenvalue weighted by molar-refractivity contribution is -0.125. The number of fused-ring (bicyclic) bond motifs is 1. The van der Waals surface area contributed by atoms with Gasteiger partial charge in [0.1, 0.15) is 0 Å². The molecular weight excluding hydrogens is 492 g/mol. The number of aliphatic hydroxyl groups is 1. The first-order valence-electron chi connectivity index (χ1n) is 13.3. The van der Waals surface area contributed by atoms with Crippen LogP contribution in [0.4, 0.5) is 0 Å². The number of rotatable bonds is 16. The summed E-state index contributed by atoms with van der Waals surface area (Å²) in [4.78, 5) is 25.4. The number of hydrogen-bond acceptors (Lipinski definition) is 5. The summed E-state index contributed by atoms with van der Waals surface area (Å²) in [5, 5.41) is 17.6. The second kappa shape index (κ2) is 16.7. The average Bonchev–Trinajstić information content (AvgIpc) is 3.23. The highest BCUT2D eigenvalue weighted by Crippen LogP contribution is 2.23. The standard InChI is InChI=1S/C28H46N4O4.ClH/c1-6-7-12-30-27(34)20(4)15-26(33)24(29)16-21(19(2)3)17-31-28(35)23-18-32(13-14-36-5)25-11-9-8-10-22(23)25;/h8-11,18-21,24,26,33H,6-7,12-17,29H2,1-5H3,(H,30,34)(H,31,35);1H/t20-,21?,24?,26+;/m1./s1. The first-order valence-corrected chi connectivity index (χ1v) is 13.3. The van der Waals surface area contributed by atoms with Crippen molar-refractivity contribution in [3.8, 4) is 0 Å². The molecular formula is C28H47ClN4O4. The molecule has 4 atom stereocenters. The third kappa shape index (κ3) is 9.93. The van der Waals surface area contributed by atoms with Gasteiger partial charge >= 0.3 is 0 Å². The van der Waals surface area contributed by atoms with Crippen molar-refractivity contribution in [3.63, 3.8) is 0 Å². The molecule has 0 fully saturated rings. The topological polar surface area (TPSA) is 119 Å². The summed E-state index contributed by atoms with van der Waals surface area (Å²) in [7, 11) is 1.66. The Bertz CT molecular complexity index is 965. The van der Waals surface area contributed by atoms with Gasteiger partial charge in [-0.05, 0) is 37.2 Å². The van der Waals surface area contributed by atoms with E-state index in [9.17, 15) is 14.7 Å². The smallest absolute Gasteiger partial charge is 0.253 e. The van der Waals surface area contributed by atoms with Crippen LogP contribution in [0, 0.1) is 17.8 Å². The van der Waals surface area contributed by atoms with E-state index >= 15 is 0 Å². The predicted octanol–water partition coefficient (Wildman–Crippen LogP) is 3.73.